The fourth-order valence-corrected chi connectivity index (χ4v) is 1.46. The highest BCUT2D eigenvalue weighted by atomic mass is 16.3. The molecule has 1 amide bonds. The van der Waals surface area contributed by atoms with Crippen LogP contribution in [0.2, 0.25) is 0 Å². The van der Waals surface area contributed by atoms with Gasteiger partial charge in [-0.25, -0.2) is 0 Å². The molecule has 5 heteroatoms. The topological polar surface area (TPSA) is 72.8 Å². The molecule has 15 heavy (non-hydrogen) atoms. The lowest BCUT2D eigenvalue weighted by Crippen LogP contribution is -2.41. The molecule has 1 rings (SSSR count). The van der Waals surface area contributed by atoms with Gasteiger partial charge in [-0.2, -0.15) is 0 Å². The van der Waals surface area contributed by atoms with Crippen LogP contribution in [0.25, 0.3) is 0 Å². The highest BCUT2D eigenvalue weighted by Crippen LogP contribution is 2.11. The minimum absolute atomic E-state index is 0.0768. The van der Waals surface area contributed by atoms with Gasteiger partial charge in [0.05, 0.1) is 13.2 Å². The summed E-state index contributed by atoms with van der Waals surface area (Å²) >= 11 is 0. The van der Waals surface area contributed by atoms with Crippen molar-refractivity contribution in [3.63, 3.8) is 0 Å². The quantitative estimate of drug-likeness (QED) is 0.498. The number of nitrogens with zero attached hydrogens (tertiary/aromatic N) is 1. The summed E-state index contributed by atoms with van der Waals surface area (Å²) in [5.41, 5.74) is 1.84. The van der Waals surface area contributed by atoms with E-state index in [2.05, 4.69) is 5.32 Å². The van der Waals surface area contributed by atoms with Crippen LogP contribution in [-0.4, -0.2) is 60.4 Å². The lowest BCUT2D eigenvalue weighted by atomic mass is 10.0. The van der Waals surface area contributed by atoms with Crippen LogP contribution in [0.15, 0.2) is 11.1 Å². The Morgan fingerprint density at radius 3 is 2.20 bits per heavy atom. The zero-order chi connectivity index (χ0) is 11.3. The van der Waals surface area contributed by atoms with E-state index >= 15 is 0 Å². The molecule has 0 saturated carbocycles. The molecule has 1 aliphatic rings. The highest BCUT2D eigenvalue weighted by molar-refractivity contribution is 5.94. The molecule has 0 radical (unpaired) electrons. The average Bonchev–Trinajstić information content (AvgIpc) is 2.13. The summed E-state index contributed by atoms with van der Waals surface area (Å²) < 4.78 is 0. The first kappa shape index (κ1) is 12.2. The normalized spacial score (nSPS) is 14.7. The van der Waals surface area contributed by atoms with Crippen LogP contribution in [0.5, 0.6) is 0 Å². The van der Waals surface area contributed by atoms with Gasteiger partial charge in [0.25, 0.3) is 0 Å². The van der Waals surface area contributed by atoms with Crippen molar-refractivity contribution < 1.29 is 15.0 Å². The number of aliphatic hydroxyl groups is 2. The molecular weight excluding hydrogens is 196 g/mol. The monoisotopic (exact) mass is 214 g/mol. The first-order valence-electron chi connectivity index (χ1n) is 5.11. The van der Waals surface area contributed by atoms with E-state index in [1.54, 1.807) is 6.92 Å². The molecule has 0 unspecified atom stereocenters. The van der Waals surface area contributed by atoms with Crippen LogP contribution in [0.3, 0.4) is 0 Å². The van der Waals surface area contributed by atoms with Gasteiger partial charge in [-0.15, -0.1) is 0 Å². The second-order valence-electron chi connectivity index (χ2n) is 3.57. The predicted octanol–water partition coefficient (Wildman–Crippen LogP) is -1.28. The lowest BCUT2D eigenvalue weighted by molar-refractivity contribution is -0.128. The number of carbonyl (C=O) groups excluding carboxylic acids is 1. The number of carbonyl (C=O) groups is 1. The summed E-state index contributed by atoms with van der Waals surface area (Å²) in [6, 6.07) is 0. The Bertz CT molecular complexity index is 251. The summed E-state index contributed by atoms with van der Waals surface area (Å²) in [6.07, 6.45) is 0. The molecule has 0 atom stereocenters. The van der Waals surface area contributed by atoms with Crippen LogP contribution in [0, 0.1) is 0 Å². The Balaban J connectivity index is 2.62. The Morgan fingerprint density at radius 2 is 1.87 bits per heavy atom. The third-order valence-electron chi connectivity index (χ3n) is 2.55. The Kier molecular flexibility index (Phi) is 4.74. The molecule has 0 aromatic carbocycles. The Hall–Kier alpha value is -0.910. The van der Waals surface area contributed by atoms with E-state index in [0.717, 1.165) is 24.2 Å². The number of nitrogens with one attached hydrogen (secondary N) is 1. The van der Waals surface area contributed by atoms with E-state index in [1.165, 1.54) is 4.90 Å². The van der Waals surface area contributed by atoms with Crippen molar-refractivity contribution in [2.24, 2.45) is 0 Å². The maximum absolute atomic E-state index is 11.9. The van der Waals surface area contributed by atoms with Gasteiger partial charge in [-0.3, -0.25) is 4.79 Å². The van der Waals surface area contributed by atoms with Crippen molar-refractivity contribution in [1.82, 2.24) is 10.2 Å². The Morgan fingerprint density at radius 1 is 1.33 bits per heavy atom. The summed E-state index contributed by atoms with van der Waals surface area (Å²) in [7, 11) is 0. The summed E-state index contributed by atoms with van der Waals surface area (Å²) in [5, 5.41) is 20.7. The van der Waals surface area contributed by atoms with Crippen LogP contribution in [-0.2, 0) is 4.79 Å². The fraction of sp³-hybridized carbons (Fsp3) is 0.700. The largest absolute Gasteiger partial charge is 0.395 e. The standard InChI is InChI=1S/C10H18N2O3/c1-8(9-6-11-7-9)10(15)12(2-4-13)3-5-14/h11,13-14H,2-7H2,1H3. The van der Waals surface area contributed by atoms with Crippen molar-refractivity contribution in [2.75, 3.05) is 39.4 Å². The second kappa shape index (κ2) is 5.85. The van der Waals surface area contributed by atoms with Crippen LogP contribution >= 0.6 is 0 Å². The van der Waals surface area contributed by atoms with E-state index < -0.39 is 0 Å². The summed E-state index contributed by atoms with van der Waals surface area (Å²) in [4.78, 5) is 13.3. The fourth-order valence-electron chi connectivity index (χ4n) is 1.46. The molecule has 86 valence electrons. The maximum Gasteiger partial charge on any atom is 0.249 e. The second-order valence-corrected chi connectivity index (χ2v) is 3.57. The zero-order valence-electron chi connectivity index (χ0n) is 8.99. The van der Waals surface area contributed by atoms with Gasteiger partial charge in [-0.05, 0) is 12.5 Å². The van der Waals surface area contributed by atoms with Crippen molar-refractivity contribution >= 4 is 5.91 Å². The molecule has 1 saturated heterocycles. The van der Waals surface area contributed by atoms with Crippen LogP contribution in [0.4, 0.5) is 0 Å². The van der Waals surface area contributed by atoms with E-state index in [1.807, 2.05) is 0 Å². The smallest absolute Gasteiger partial charge is 0.249 e. The van der Waals surface area contributed by atoms with E-state index in [4.69, 9.17) is 10.2 Å². The van der Waals surface area contributed by atoms with E-state index in [-0.39, 0.29) is 32.2 Å². The molecule has 0 aromatic rings. The molecule has 0 spiro atoms. The third-order valence-corrected chi connectivity index (χ3v) is 2.55. The van der Waals surface area contributed by atoms with Crippen LogP contribution < -0.4 is 5.32 Å². The predicted molar refractivity (Wildman–Crippen MR) is 56.3 cm³/mol. The van der Waals surface area contributed by atoms with Gasteiger partial charge in [0.2, 0.25) is 5.91 Å². The minimum Gasteiger partial charge on any atom is -0.395 e. The molecule has 3 N–H and O–H groups in total. The van der Waals surface area contributed by atoms with Crippen molar-refractivity contribution in [3.05, 3.63) is 11.1 Å². The molecule has 0 bridgehead atoms. The van der Waals surface area contributed by atoms with Gasteiger partial charge in [0.1, 0.15) is 0 Å². The van der Waals surface area contributed by atoms with Crippen molar-refractivity contribution in [1.29, 1.82) is 0 Å². The van der Waals surface area contributed by atoms with Crippen molar-refractivity contribution in [3.8, 4) is 0 Å². The third kappa shape index (κ3) is 3.02. The van der Waals surface area contributed by atoms with Gasteiger partial charge in [0.15, 0.2) is 0 Å². The van der Waals surface area contributed by atoms with E-state index in [9.17, 15) is 4.79 Å². The number of amides is 1. The van der Waals surface area contributed by atoms with Gasteiger partial charge in [0, 0.05) is 31.8 Å². The molecule has 0 aromatic heterocycles. The number of hydrogen-bond acceptors (Lipinski definition) is 4. The Labute approximate surface area is 89.4 Å². The maximum atomic E-state index is 11.9. The molecule has 1 aliphatic heterocycles. The minimum atomic E-state index is -0.0883. The molecule has 0 aliphatic carbocycles. The molecular formula is C10H18N2O3. The molecule has 5 nitrogen and oxygen atoms in total. The number of aliphatic hydroxyl groups excluding tert-OH is 2. The molecule has 1 fully saturated rings. The SMILES string of the molecule is CC(C(=O)N(CCO)CCO)=C1CNC1. The lowest BCUT2D eigenvalue weighted by Gasteiger charge is -2.26. The van der Waals surface area contributed by atoms with Gasteiger partial charge >= 0.3 is 0 Å². The summed E-state index contributed by atoms with van der Waals surface area (Å²) in [5.74, 6) is -0.0883. The van der Waals surface area contributed by atoms with Gasteiger partial charge < -0.3 is 20.4 Å². The first-order valence-corrected chi connectivity index (χ1v) is 5.11. The molecule has 1 heterocycles. The zero-order valence-corrected chi connectivity index (χ0v) is 8.99. The number of hydrogen-bond donors (Lipinski definition) is 3. The van der Waals surface area contributed by atoms with Crippen LogP contribution in [0.1, 0.15) is 6.92 Å². The van der Waals surface area contributed by atoms with Crippen molar-refractivity contribution in [2.45, 2.75) is 6.92 Å². The first-order chi connectivity index (χ1) is 7.20. The average molecular weight is 214 g/mol. The van der Waals surface area contributed by atoms with Gasteiger partial charge in [-0.1, -0.05) is 0 Å². The number of rotatable bonds is 5. The summed E-state index contributed by atoms with van der Waals surface area (Å²) in [6.45, 7) is 3.72. The van der Waals surface area contributed by atoms with E-state index in [0.29, 0.717) is 0 Å². The highest BCUT2D eigenvalue weighted by Gasteiger charge is 2.20.